The van der Waals surface area contributed by atoms with E-state index in [4.69, 9.17) is 10.5 Å². The lowest BCUT2D eigenvalue weighted by molar-refractivity contribution is 0.254. The van der Waals surface area contributed by atoms with Crippen LogP contribution in [0.3, 0.4) is 0 Å². The average Bonchev–Trinajstić information content (AvgIpc) is 2.91. The molecule has 0 aliphatic carbocycles. The first-order valence-corrected chi connectivity index (χ1v) is 11.0. The topological polar surface area (TPSA) is 115 Å². The van der Waals surface area contributed by atoms with E-state index in [0.717, 1.165) is 27.6 Å². The number of nitrogens with one attached hydrogen (secondary N) is 2. The molecule has 2 amide bonds. The van der Waals surface area contributed by atoms with Crippen molar-refractivity contribution in [3.63, 3.8) is 0 Å². The second-order valence-corrected chi connectivity index (χ2v) is 7.65. The van der Waals surface area contributed by atoms with Gasteiger partial charge in [0.2, 0.25) is 0 Å². The van der Waals surface area contributed by atoms with E-state index in [-0.39, 0.29) is 12.6 Å². The van der Waals surface area contributed by atoms with Crippen LogP contribution in [0.5, 0.6) is 5.75 Å². The van der Waals surface area contributed by atoms with Gasteiger partial charge in [0, 0.05) is 49.4 Å². The number of nitrogens with two attached hydrogens (primary N) is 1. The number of fused-ring (bicyclic) bond motifs is 1. The van der Waals surface area contributed by atoms with Crippen LogP contribution in [0.4, 0.5) is 10.5 Å². The van der Waals surface area contributed by atoms with Gasteiger partial charge in [-0.25, -0.2) is 9.78 Å². The third-order valence-corrected chi connectivity index (χ3v) is 5.34. The lowest BCUT2D eigenvalue weighted by Crippen LogP contribution is -2.24. The van der Waals surface area contributed by atoms with Crippen molar-refractivity contribution in [1.82, 2.24) is 15.3 Å². The van der Waals surface area contributed by atoms with Gasteiger partial charge in [0.25, 0.3) is 0 Å². The van der Waals surface area contributed by atoms with E-state index in [0.29, 0.717) is 22.8 Å². The van der Waals surface area contributed by atoms with Gasteiger partial charge in [-0.05, 0) is 59.7 Å². The fraction of sp³-hybridized carbons (Fsp3) is 0.111. The van der Waals surface area contributed by atoms with Crippen molar-refractivity contribution in [3.8, 4) is 5.75 Å². The van der Waals surface area contributed by atoms with E-state index in [1.807, 2.05) is 66.7 Å². The molecule has 176 valence electrons. The first-order chi connectivity index (χ1) is 17.1. The molecule has 35 heavy (non-hydrogen) atoms. The fourth-order valence-electron chi connectivity index (χ4n) is 3.60. The van der Waals surface area contributed by atoms with E-state index in [1.165, 1.54) is 0 Å². The van der Waals surface area contributed by atoms with Gasteiger partial charge in [-0.1, -0.05) is 18.2 Å². The van der Waals surface area contributed by atoms with Crippen molar-refractivity contribution in [2.24, 2.45) is 10.7 Å². The quantitative estimate of drug-likeness (QED) is 0.347. The minimum Gasteiger partial charge on any atom is -0.487 e. The van der Waals surface area contributed by atoms with Crippen LogP contribution in [-0.2, 0) is 6.61 Å². The number of ether oxygens (including phenoxy) is 1. The maximum absolute atomic E-state index is 11.9. The van der Waals surface area contributed by atoms with E-state index in [1.54, 1.807) is 32.7 Å². The number of para-hydroxylation sites is 1. The average molecular weight is 467 g/mol. The third-order valence-electron chi connectivity index (χ3n) is 5.34. The van der Waals surface area contributed by atoms with E-state index in [2.05, 4.69) is 25.6 Å². The summed E-state index contributed by atoms with van der Waals surface area (Å²) < 4.78 is 5.97. The van der Waals surface area contributed by atoms with Crippen LogP contribution in [0.25, 0.3) is 22.2 Å². The number of aromatic nitrogens is 2. The van der Waals surface area contributed by atoms with E-state index >= 15 is 0 Å². The summed E-state index contributed by atoms with van der Waals surface area (Å²) in [5.74, 6) is 0.673. The van der Waals surface area contributed by atoms with Crippen molar-refractivity contribution < 1.29 is 9.53 Å². The zero-order valence-corrected chi connectivity index (χ0v) is 19.5. The summed E-state index contributed by atoms with van der Waals surface area (Å²) in [6, 6.07) is 20.5. The van der Waals surface area contributed by atoms with E-state index in [9.17, 15) is 4.79 Å². The second kappa shape index (κ2) is 10.9. The van der Waals surface area contributed by atoms with Crippen molar-refractivity contribution >= 4 is 40.1 Å². The Balaban J connectivity index is 1.54. The fourth-order valence-corrected chi connectivity index (χ4v) is 3.60. The highest BCUT2D eigenvalue weighted by molar-refractivity contribution is 6.18. The highest BCUT2D eigenvalue weighted by atomic mass is 16.5. The summed E-state index contributed by atoms with van der Waals surface area (Å²) in [4.78, 5) is 24.8. The maximum atomic E-state index is 11.9. The lowest BCUT2D eigenvalue weighted by atomic mass is 10.0. The van der Waals surface area contributed by atoms with Crippen LogP contribution in [0.15, 0.2) is 84.1 Å². The highest BCUT2D eigenvalue weighted by Crippen LogP contribution is 2.25. The molecule has 0 aliphatic heterocycles. The Kier molecular flexibility index (Phi) is 7.32. The molecule has 2 aromatic heterocycles. The molecule has 0 aliphatic rings. The molecule has 0 spiro atoms. The molecule has 0 saturated carbocycles. The van der Waals surface area contributed by atoms with Gasteiger partial charge in [0.15, 0.2) is 0 Å². The Hall–Kier alpha value is -4.72. The number of hydrogen-bond acceptors (Lipinski definition) is 6. The van der Waals surface area contributed by atoms with Gasteiger partial charge in [-0.2, -0.15) is 0 Å². The van der Waals surface area contributed by atoms with Crippen LogP contribution in [0, 0.1) is 0 Å². The van der Waals surface area contributed by atoms with Crippen molar-refractivity contribution in [3.05, 3.63) is 95.9 Å². The number of urea groups is 1. The summed E-state index contributed by atoms with van der Waals surface area (Å²) in [5.41, 5.74) is 11.8. The first-order valence-electron chi connectivity index (χ1n) is 11.0. The van der Waals surface area contributed by atoms with Gasteiger partial charge in [-0.15, -0.1) is 0 Å². The third kappa shape index (κ3) is 5.62. The van der Waals surface area contributed by atoms with Crippen LogP contribution in [0.2, 0.25) is 0 Å². The molecule has 0 fully saturated rings. The molecule has 0 saturated heterocycles. The molecule has 0 unspecified atom stereocenters. The van der Waals surface area contributed by atoms with Gasteiger partial charge in [0.05, 0.1) is 16.9 Å². The molecule has 4 N–H and O–H groups in total. The molecule has 4 rings (SSSR count). The minimum atomic E-state index is -0.297. The maximum Gasteiger partial charge on any atom is 0.318 e. The predicted molar refractivity (Wildman–Crippen MR) is 140 cm³/mol. The monoisotopic (exact) mass is 466 g/mol. The largest absolute Gasteiger partial charge is 0.487 e. The number of rotatable bonds is 7. The number of nitrogens with zero attached hydrogens (tertiary/aromatic N) is 3. The molecule has 0 atom stereocenters. The van der Waals surface area contributed by atoms with Gasteiger partial charge >= 0.3 is 6.03 Å². The molecule has 8 heteroatoms. The molecule has 0 bridgehead atoms. The second-order valence-electron chi connectivity index (χ2n) is 7.65. The standard InChI is InChI=1S/C27H26N6O2/c1-29-16-23(18-11-13-31-14-12-18)26(28)19-7-9-21(10-8-19)35-17-20-15-25(33-27(34)30-2)22-5-3-4-6-24(22)32-20/h3-16H,17,28H2,1-2H3,(H2,30,32,33,34). The zero-order chi connectivity index (χ0) is 24.6. The number of carbonyl (C=O) groups excluding carboxylic acids is 1. The van der Waals surface area contributed by atoms with Gasteiger partial charge in [-0.3, -0.25) is 9.98 Å². The number of pyridine rings is 2. The van der Waals surface area contributed by atoms with Crippen LogP contribution >= 0.6 is 0 Å². The lowest BCUT2D eigenvalue weighted by Gasteiger charge is -2.12. The molecule has 8 nitrogen and oxygen atoms in total. The number of amides is 2. The number of carbonyl (C=O) groups is 1. The van der Waals surface area contributed by atoms with Crippen molar-refractivity contribution in [2.45, 2.75) is 6.61 Å². The Morgan fingerprint density at radius 2 is 1.80 bits per heavy atom. The Morgan fingerprint density at radius 3 is 2.51 bits per heavy atom. The van der Waals surface area contributed by atoms with Gasteiger partial charge in [0.1, 0.15) is 12.4 Å². The van der Waals surface area contributed by atoms with Crippen LogP contribution < -0.4 is 21.1 Å². The van der Waals surface area contributed by atoms with Crippen molar-refractivity contribution in [2.75, 3.05) is 19.4 Å². The molecule has 4 aromatic rings. The molecule has 2 aromatic carbocycles. The Morgan fingerprint density at radius 1 is 1.06 bits per heavy atom. The molecular weight excluding hydrogens is 440 g/mol. The molecule has 2 heterocycles. The Bertz CT molecular complexity index is 1380. The Labute approximate surface area is 203 Å². The van der Waals surface area contributed by atoms with E-state index < -0.39 is 0 Å². The number of benzene rings is 2. The van der Waals surface area contributed by atoms with Gasteiger partial charge < -0.3 is 21.1 Å². The SMILES string of the molecule is CN=CC(=C(N)c1ccc(OCc2cc(NC(=O)NC)c3ccccc3n2)cc1)c1ccncc1. The van der Waals surface area contributed by atoms with Crippen molar-refractivity contribution in [1.29, 1.82) is 0 Å². The minimum absolute atomic E-state index is 0.239. The molecule has 0 radical (unpaired) electrons. The summed E-state index contributed by atoms with van der Waals surface area (Å²) in [7, 11) is 3.28. The van der Waals surface area contributed by atoms with Crippen LogP contribution in [-0.4, -0.2) is 36.3 Å². The molecular formula is C27H26N6O2. The number of allylic oxidation sites excluding steroid dienone is 1. The predicted octanol–water partition coefficient (Wildman–Crippen LogP) is 4.49. The zero-order valence-electron chi connectivity index (χ0n) is 19.5. The number of anilines is 1. The highest BCUT2D eigenvalue weighted by Gasteiger charge is 2.10. The number of hydrogen-bond donors (Lipinski definition) is 3. The summed E-state index contributed by atoms with van der Waals surface area (Å²) >= 11 is 0. The smallest absolute Gasteiger partial charge is 0.318 e. The summed E-state index contributed by atoms with van der Waals surface area (Å²) in [5, 5.41) is 6.27. The summed E-state index contributed by atoms with van der Waals surface area (Å²) in [6.45, 7) is 0.239. The first kappa shape index (κ1) is 23.4. The number of aliphatic imine (C=N–C) groups is 1. The van der Waals surface area contributed by atoms with Crippen LogP contribution in [0.1, 0.15) is 16.8 Å². The normalized spacial score (nSPS) is 11.8. The summed E-state index contributed by atoms with van der Waals surface area (Å²) in [6.07, 6.45) is 5.18.